The molecule has 0 spiro atoms. The van der Waals surface area contributed by atoms with Crippen LogP contribution in [0.4, 0.5) is 10.2 Å². The summed E-state index contributed by atoms with van der Waals surface area (Å²) in [5.41, 5.74) is 4.89. The van der Waals surface area contributed by atoms with Crippen molar-refractivity contribution in [3.63, 3.8) is 0 Å². The number of hydrogen-bond acceptors (Lipinski definition) is 4. The standard InChI is InChI=1S/C23H30FN3O/c24-19-9-7-18(8-10-19)21-17-23(27-13-11-26(12-14-27)15-16-28)25-22-6-4-2-1-3-5-20(21)22/h7-10,17,28H,1-6,11-16H2. The van der Waals surface area contributed by atoms with Gasteiger partial charge in [-0.25, -0.2) is 9.37 Å². The Morgan fingerprint density at radius 3 is 2.36 bits per heavy atom. The average Bonchev–Trinajstić information content (AvgIpc) is 2.69. The Kier molecular flexibility index (Phi) is 6.23. The number of β-amino-alcohol motifs (C(OH)–C–C–N with tert-alkyl or cyclic N) is 1. The zero-order valence-corrected chi connectivity index (χ0v) is 16.5. The van der Waals surface area contributed by atoms with E-state index in [1.54, 1.807) is 12.1 Å². The first-order valence-corrected chi connectivity index (χ1v) is 10.6. The van der Waals surface area contributed by atoms with Gasteiger partial charge >= 0.3 is 0 Å². The maximum Gasteiger partial charge on any atom is 0.129 e. The molecular weight excluding hydrogens is 353 g/mol. The van der Waals surface area contributed by atoms with Gasteiger partial charge in [-0.15, -0.1) is 0 Å². The molecule has 1 N–H and O–H groups in total. The molecule has 0 saturated carbocycles. The lowest BCUT2D eigenvalue weighted by molar-refractivity contribution is 0.188. The first kappa shape index (κ1) is 19.3. The maximum atomic E-state index is 13.5. The normalized spacial score (nSPS) is 18.4. The lowest BCUT2D eigenvalue weighted by Crippen LogP contribution is -2.47. The summed E-state index contributed by atoms with van der Waals surface area (Å²) in [5.74, 6) is 0.850. The van der Waals surface area contributed by atoms with Gasteiger partial charge in [0, 0.05) is 38.4 Å². The molecule has 28 heavy (non-hydrogen) atoms. The third-order valence-electron chi connectivity index (χ3n) is 6.05. The topological polar surface area (TPSA) is 39.6 Å². The zero-order chi connectivity index (χ0) is 19.3. The van der Waals surface area contributed by atoms with Crippen LogP contribution in [0.3, 0.4) is 0 Å². The molecule has 0 amide bonds. The number of rotatable bonds is 4. The molecule has 1 fully saturated rings. The van der Waals surface area contributed by atoms with Crippen LogP contribution in [0, 0.1) is 5.82 Å². The van der Waals surface area contributed by atoms with Crippen molar-refractivity contribution in [2.75, 3.05) is 44.2 Å². The van der Waals surface area contributed by atoms with Gasteiger partial charge in [0.1, 0.15) is 11.6 Å². The van der Waals surface area contributed by atoms with Crippen LogP contribution in [0.2, 0.25) is 0 Å². The van der Waals surface area contributed by atoms with Gasteiger partial charge < -0.3 is 10.0 Å². The third kappa shape index (κ3) is 4.36. The van der Waals surface area contributed by atoms with E-state index in [4.69, 9.17) is 4.98 Å². The summed E-state index contributed by atoms with van der Waals surface area (Å²) in [6.07, 6.45) is 7.02. The molecule has 0 bridgehead atoms. The minimum absolute atomic E-state index is 0.194. The maximum absolute atomic E-state index is 13.5. The highest BCUT2D eigenvalue weighted by molar-refractivity contribution is 5.72. The second-order valence-corrected chi connectivity index (χ2v) is 7.93. The summed E-state index contributed by atoms with van der Waals surface area (Å²) < 4.78 is 13.5. The van der Waals surface area contributed by atoms with Gasteiger partial charge in [0.15, 0.2) is 0 Å². The molecule has 1 aromatic heterocycles. The Balaban J connectivity index is 1.68. The molecule has 1 saturated heterocycles. The number of halogens is 1. The number of hydrogen-bond donors (Lipinski definition) is 1. The van der Waals surface area contributed by atoms with Crippen molar-refractivity contribution in [1.82, 2.24) is 9.88 Å². The van der Waals surface area contributed by atoms with Crippen LogP contribution < -0.4 is 4.90 Å². The van der Waals surface area contributed by atoms with Crippen LogP contribution in [-0.2, 0) is 12.8 Å². The molecule has 0 unspecified atom stereocenters. The highest BCUT2D eigenvalue weighted by Crippen LogP contribution is 2.33. The predicted octanol–water partition coefficient (Wildman–Crippen LogP) is 3.66. The second kappa shape index (κ2) is 9.01. The van der Waals surface area contributed by atoms with Gasteiger partial charge in [0.2, 0.25) is 0 Å². The number of anilines is 1. The number of nitrogens with zero attached hydrogens (tertiary/aromatic N) is 3. The number of aromatic nitrogens is 1. The van der Waals surface area contributed by atoms with E-state index in [0.29, 0.717) is 0 Å². The summed E-state index contributed by atoms with van der Waals surface area (Å²) in [4.78, 5) is 9.75. The van der Waals surface area contributed by atoms with Crippen LogP contribution in [-0.4, -0.2) is 54.3 Å². The molecule has 5 heteroatoms. The van der Waals surface area contributed by atoms with Crippen molar-refractivity contribution in [3.05, 3.63) is 47.4 Å². The molecule has 150 valence electrons. The monoisotopic (exact) mass is 383 g/mol. The van der Waals surface area contributed by atoms with Crippen molar-refractivity contribution in [2.24, 2.45) is 0 Å². The Bertz CT molecular complexity index is 785. The van der Waals surface area contributed by atoms with Crippen molar-refractivity contribution in [2.45, 2.75) is 38.5 Å². The number of piperazine rings is 1. The summed E-state index contributed by atoms with van der Waals surface area (Å²) in [6.45, 7) is 4.71. The second-order valence-electron chi connectivity index (χ2n) is 7.93. The molecule has 0 atom stereocenters. The Labute approximate surface area is 167 Å². The van der Waals surface area contributed by atoms with E-state index in [2.05, 4.69) is 15.9 Å². The van der Waals surface area contributed by atoms with Gasteiger partial charge in [-0.05, 0) is 60.6 Å². The lowest BCUT2D eigenvalue weighted by atomic mass is 9.90. The van der Waals surface area contributed by atoms with E-state index in [-0.39, 0.29) is 12.4 Å². The smallest absolute Gasteiger partial charge is 0.129 e. The molecule has 4 nitrogen and oxygen atoms in total. The molecule has 0 radical (unpaired) electrons. The minimum atomic E-state index is -0.194. The molecular formula is C23H30FN3O. The zero-order valence-electron chi connectivity index (χ0n) is 16.5. The molecule has 2 heterocycles. The first-order chi connectivity index (χ1) is 13.7. The summed E-state index contributed by atoms with van der Waals surface area (Å²) >= 11 is 0. The van der Waals surface area contributed by atoms with Crippen LogP contribution >= 0.6 is 0 Å². The molecule has 1 aliphatic carbocycles. The fraction of sp³-hybridized carbons (Fsp3) is 0.522. The summed E-state index contributed by atoms with van der Waals surface area (Å²) in [7, 11) is 0. The molecule has 1 aliphatic heterocycles. The summed E-state index contributed by atoms with van der Waals surface area (Å²) in [6, 6.07) is 9.12. The Morgan fingerprint density at radius 1 is 0.929 bits per heavy atom. The number of benzene rings is 1. The van der Waals surface area contributed by atoms with Crippen molar-refractivity contribution in [1.29, 1.82) is 0 Å². The Morgan fingerprint density at radius 2 is 1.64 bits per heavy atom. The summed E-state index contributed by atoms with van der Waals surface area (Å²) in [5, 5.41) is 9.17. The quantitative estimate of drug-likeness (QED) is 0.875. The molecule has 1 aromatic carbocycles. The molecule has 4 rings (SSSR count). The van der Waals surface area contributed by atoms with Crippen molar-refractivity contribution in [3.8, 4) is 11.1 Å². The number of aliphatic hydroxyl groups is 1. The highest BCUT2D eigenvalue weighted by atomic mass is 19.1. The van der Waals surface area contributed by atoms with Crippen LogP contribution in [0.1, 0.15) is 36.9 Å². The van der Waals surface area contributed by atoms with Gasteiger partial charge in [0.05, 0.1) is 6.61 Å². The fourth-order valence-electron chi connectivity index (χ4n) is 4.43. The van der Waals surface area contributed by atoms with E-state index >= 15 is 0 Å². The van der Waals surface area contributed by atoms with Gasteiger partial charge in [-0.2, -0.15) is 0 Å². The molecule has 2 aromatic rings. The van der Waals surface area contributed by atoms with Crippen LogP contribution in [0.25, 0.3) is 11.1 Å². The van der Waals surface area contributed by atoms with E-state index in [1.165, 1.54) is 42.5 Å². The van der Waals surface area contributed by atoms with Crippen molar-refractivity contribution < 1.29 is 9.50 Å². The lowest BCUT2D eigenvalue weighted by Gasteiger charge is -2.35. The van der Waals surface area contributed by atoms with Gasteiger partial charge in [-0.3, -0.25) is 4.90 Å². The van der Waals surface area contributed by atoms with E-state index in [9.17, 15) is 9.50 Å². The minimum Gasteiger partial charge on any atom is -0.395 e. The third-order valence-corrected chi connectivity index (χ3v) is 6.05. The van der Waals surface area contributed by atoms with Crippen LogP contribution in [0.15, 0.2) is 30.3 Å². The predicted molar refractivity (Wildman–Crippen MR) is 111 cm³/mol. The van der Waals surface area contributed by atoms with Gasteiger partial charge in [0.25, 0.3) is 0 Å². The Hall–Kier alpha value is -1.98. The first-order valence-electron chi connectivity index (χ1n) is 10.6. The number of aryl methyl sites for hydroxylation is 1. The number of fused-ring (bicyclic) bond motifs is 1. The van der Waals surface area contributed by atoms with Crippen molar-refractivity contribution >= 4 is 5.82 Å². The number of pyridine rings is 1. The largest absolute Gasteiger partial charge is 0.395 e. The molecule has 2 aliphatic rings. The van der Waals surface area contributed by atoms with E-state index in [0.717, 1.165) is 56.9 Å². The fourth-order valence-corrected chi connectivity index (χ4v) is 4.43. The van der Waals surface area contributed by atoms with Crippen LogP contribution in [0.5, 0.6) is 0 Å². The highest BCUT2D eigenvalue weighted by Gasteiger charge is 2.21. The average molecular weight is 384 g/mol. The van der Waals surface area contributed by atoms with E-state index in [1.807, 2.05) is 12.1 Å². The van der Waals surface area contributed by atoms with Gasteiger partial charge in [-0.1, -0.05) is 25.0 Å². The number of aliphatic hydroxyl groups excluding tert-OH is 1. The van der Waals surface area contributed by atoms with E-state index < -0.39 is 0 Å². The SMILES string of the molecule is OCCN1CCN(c2cc(-c3ccc(F)cc3)c3c(n2)CCCCCC3)CC1.